The van der Waals surface area contributed by atoms with Crippen molar-refractivity contribution in [2.75, 3.05) is 5.73 Å². The highest BCUT2D eigenvalue weighted by atomic mass is 19.2. The molecule has 0 heterocycles. The van der Waals surface area contributed by atoms with Crippen molar-refractivity contribution >= 4 is 17.5 Å². The van der Waals surface area contributed by atoms with Crippen LogP contribution in [0, 0.1) is 10.1 Å². The van der Waals surface area contributed by atoms with Gasteiger partial charge >= 0.3 is 5.54 Å². The van der Waals surface area contributed by atoms with Gasteiger partial charge in [-0.1, -0.05) is 12.1 Å². The van der Waals surface area contributed by atoms with Gasteiger partial charge in [0.2, 0.25) is 6.29 Å². The van der Waals surface area contributed by atoms with E-state index in [4.69, 9.17) is 5.73 Å². The predicted molar refractivity (Wildman–Crippen MR) is 68.5 cm³/mol. The number of nitrogens with zero attached hydrogens (tertiary/aromatic N) is 1. The van der Waals surface area contributed by atoms with E-state index in [-0.39, 0.29) is 17.4 Å². The van der Waals surface area contributed by atoms with Gasteiger partial charge in [0.1, 0.15) is 0 Å². The van der Waals surface area contributed by atoms with E-state index in [1.807, 2.05) is 0 Å². The van der Waals surface area contributed by atoms with Crippen molar-refractivity contribution < 1.29 is 18.5 Å². The van der Waals surface area contributed by atoms with Gasteiger partial charge in [-0.15, -0.1) is 0 Å². The van der Waals surface area contributed by atoms with Crippen LogP contribution >= 0.6 is 0 Å². The number of carbonyl (C=O) groups excluding carboxylic acids is 1. The monoisotopic (exact) mass is 280 g/mol. The number of halogens is 2. The number of nitro groups is 1. The molecule has 1 aliphatic carbocycles. The van der Waals surface area contributed by atoms with Crippen molar-refractivity contribution in [3.63, 3.8) is 0 Å². The van der Waals surface area contributed by atoms with E-state index in [1.165, 1.54) is 24.3 Å². The maximum absolute atomic E-state index is 13.8. The maximum Gasteiger partial charge on any atom is 0.301 e. The summed E-state index contributed by atoms with van der Waals surface area (Å²) in [7, 11) is 0. The molecule has 1 unspecified atom stereocenters. The first kappa shape index (κ1) is 13.9. The Morgan fingerprint density at radius 1 is 1.30 bits per heavy atom. The van der Waals surface area contributed by atoms with E-state index in [0.717, 1.165) is 0 Å². The molecule has 2 N–H and O–H groups in total. The average Bonchev–Trinajstić information content (AvgIpc) is 2.42. The summed E-state index contributed by atoms with van der Waals surface area (Å²) in [4.78, 5) is 21.0. The van der Waals surface area contributed by atoms with Crippen LogP contribution in [0.3, 0.4) is 0 Å². The summed E-state index contributed by atoms with van der Waals surface area (Å²) in [5.74, 6) is -2.61. The molecule has 1 atom stereocenters. The van der Waals surface area contributed by atoms with Crippen LogP contribution in [0.15, 0.2) is 42.0 Å². The van der Waals surface area contributed by atoms with Gasteiger partial charge in [0.25, 0.3) is 0 Å². The van der Waals surface area contributed by atoms with Gasteiger partial charge < -0.3 is 5.73 Å². The van der Waals surface area contributed by atoms with Gasteiger partial charge in [0.05, 0.1) is 6.42 Å². The Hall–Kier alpha value is -2.57. The number of allylic oxidation sites excluding steroid dienone is 2. The van der Waals surface area contributed by atoms with E-state index >= 15 is 0 Å². The van der Waals surface area contributed by atoms with Gasteiger partial charge in [-0.2, -0.15) is 0 Å². The van der Waals surface area contributed by atoms with Crippen LogP contribution < -0.4 is 5.73 Å². The Bertz CT molecular complexity index is 638. The second-order valence-corrected chi connectivity index (χ2v) is 4.45. The lowest BCUT2D eigenvalue weighted by Gasteiger charge is -2.22. The molecule has 0 spiro atoms. The SMILES string of the molecule is Nc1ccc(C2=C(F)C(F)=CC(C=O)([N+](=O)[O-])C2)cc1. The minimum atomic E-state index is -2.28. The number of anilines is 1. The number of nitrogen functional groups attached to an aromatic ring is 1. The van der Waals surface area contributed by atoms with Gasteiger partial charge in [-0.25, -0.2) is 8.78 Å². The number of carbonyl (C=O) groups is 1. The molecule has 0 amide bonds. The molecule has 7 heteroatoms. The fourth-order valence-electron chi connectivity index (χ4n) is 1.99. The zero-order valence-corrected chi connectivity index (χ0v) is 10.2. The molecular formula is C13H10F2N2O3. The first-order chi connectivity index (χ1) is 9.39. The molecular weight excluding hydrogens is 270 g/mol. The fraction of sp³-hybridized carbons (Fsp3) is 0.154. The molecule has 0 fully saturated rings. The Labute approximate surface area is 112 Å². The number of aldehydes is 1. The van der Waals surface area contributed by atoms with Crippen molar-refractivity contribution in [3.05, 3.63) is 57.7 Å². The summed E-state index contributed by atoms with van der Waals surface area (Å²) < 4.78 is 27.4. The molecule has 5 nitrogen and oxygen atoms in total. The lowest BCUT2D eigenvalue weighted by Crippen LogP contribution is -2.40. The number of hydrogen-bond donors (Lipinski definition) is 1. The van der Waals surface area contributed by atoms with E-state index in [1.54, 1.807) is 0 Å². The Morgan fingerprint density at radius 3 is 2.40 bits per heavy atom. The number of benzene rings is 1. The summed E-state index contributed by atoms with van der Waals surface area (Å²) in [5.41, 5.74) is 3.63. The maximum atomic E-state index is 13.8. The third-order valence-corrected chi connectivity index (χ3v) is 3.11. The average molecular weight is 280 g/mol. The highest BCUT2D eigenvalue weighted by Gasteiger charge is 2.46. The quantitative estimate of drug-likeness (QED) is 0.398. The number of rotatable bonds is 3. The first-order valence-corrected chi connectivity index (χ1v) is 5.64. The third-order valence-electron chi connectivity index (χ3n) is 3.11. The van der Waals surface area contributed by atoms with Crippen LogP contribution in [0.5, 0.6) is 0 Å². The molecule has 0 saturated carbocycles. The highest BCUT2D eigenvalue weighted by Crippen LogP contribution is 2.39. The van der Waals surface area contributed by atoms with Crippen molar-refractivity contribution in [1.29, 1.82) is 0 Å². The van der Waals surface area contributed by atoms with Crippen molar-refractivity contribution in [2.24, 2.45) is 0 Å². The zero-order chi connectivity index (χ0) is 14.9. The summed E-state index contributed by atoms with van der Waals surface area (Å²) in [5, 5.41) is 11.0. The van der Waals surface area contributed by atoms with Crippen LogP contribution in [0.25, 0.3) is 5.57 Å². The van der Waals surface area contributed by atoms with Gasteiger partial charge in [0, 0.05) is 22.3 Å². The minimum Gasteiger partial charge on any atom is -0.399 e. The molecule has 1 aromatic carbocycles. The summed E-state index contributed by atoms with van der Waals surface area (Å²) in [6.45, 7) is 0. The number of nitrogens with two attached hydrogens (primary N) is 1. The molecule has 0 radical (unpaired) electrons. The Balaban J connectivity index is 2.55. The molecule has 0 saturated heterocycles. The van der Waals surface area contributed by atoms with Crippen LogP contribution in [0.4, 0.5) is 14.5 Å². The van der Waals surface area contributed by atoms with Crippen LogP contribution in [-0.4, -0.2) is 16.7 Å². The minimum absolute atomic E-state index is 0.0102. The standard InChI is InChI=1S/C13H10F2N2O3/c14-11-6-13(7-18,17(19)20)5-10(12(11)15)8-1-3-9(16)4-2-8/h1-4,6-7H,5,16H2. The molecule has 0 aromatic heterocycles. The van der Waals surface area contributed by atoms with Crippen molar-refractivity contribution in [2.45, 2.75) is 12.0 Å². The highest BCUT2D eigenvalue weighted by molar-refractivity contribution is 5.80. The Morgan fingerprint density at radius 2 is 1.90 bits per heavy atom. The number of hydrogen-bond acceptors (Lipinski definition) is 4. The summed E-state index contributed by atoms with van der Waals surface area (Å²) in [6.07, 6.45) is -0.140. The van der Waals surface area contributed by atoms with Gasteiger partial charge in [0.15, 0.2) is 11.7 Å². The normalized spacial score (nSPS) is 22.4. The predicted octanol–water partition coefficient (Wildman–Crippen LogP) is 2.42. The Kier molecular flexibility index (Phi) is 3.35. The van der Waals surface area contributed by atoms with Gasteiger partial charge in [-0.05, 0) is 17.7 Å². The fourth-order valence-corrected chi connectivity index (χ4v) is 1.99. The van der Waals surface area contributed by atoms with Crippen molar-refractivity contribution in [3.8, 4) is 0 Å². The largest absolute Gasteiger partial charge is 0.399 e. The van der Waals surface area contributed by atoms with E-state index in [0.29, 0.717) is 11.8 Å². The smallest absolute Gasteiger partial charge is 0.301 e. The van der Waals surface area contributed by atoms with Gasteiger partial charge in [-0.3, -0.25) is 14.9 Å². The van der Waals surface area contributed by atoms with Crippen LogP contribution in [0.1, 0.15) is 12.0 Å². The van der Waals surface area contributed by atoms with Crippen LogP contribution in [-0.2, 0) is 4.79 Å². The molecule has 1 aromatic rings. The second-order valence-electron chi connectivity index (χ2n) is 4.45. The summed E-state index contributed by atoms with van der Waals surface area (Å²) in [6, 6.07) is 5.75. The second kappa shape index (κ2) is 4.84. The summed E-state index contributed by atoms with van der Waals surface area (Å²) >= 11 is 0. The first-order valence-electron chi connectivity index (χ1n) is 5.64. The lowest BCUT2D eigenvalue weighted by atomic mass is 9.84. The van der Waals surface area contributed by atoms with Crippen LogP contribution in [0.2, 0.25) is 0 Å². The molecule has 1 aliphatic rings. The van der Waals surface area contributed by atoms with E-state index in [2.05, 4.69) is 0 Å². The lowest BCUT2D eigenvalue weighted by molar-refractivity contribution is -0.534. The third kappa shape index (κ3) is 2.18. The van der Waals surface area contributed by atoms with E-state index < -0.39 is 28.5 Å². The topological polar surface area (TPSA) is 86.2 Å². The molecule has 20 heavy (non-hydrogen) atoms. The molecule has 0 bridgehead atoms. The molecule has 2 rings (SSSR count). The molecule has 0 aliphatic heterocycles. The van der Waals surface area contributed by atoms with E-state index in [9.17, 15) is 23.7 Å². The molecule has 104 valence electrons. The van der Waals surface area contributed by atoms with Crippen molar-refractivity contribution in [1.82, 2.24) is 0 Å². The zero-order valence-electron chi connectivity index (χ0n) is 10.2.